The molecule has 0 atom stereocenters. The number of hydrogen-bond acceptors (Lipinski definition) is 4. The maximum absolute atomic E-state index is 5.97. The Morgan fingerprint density at radius 2 is 1.46 bits per heavy atom. The standard InChI is InChI=1S/C18H28NO3SSi/c1-6-20-24(21-7-2,22-8-3)18-11-9-17(10-12-18)13-19-14-23-16(5)15(19)4/h9-12,14H,6-8,13H2,1-5H3/q+1. The van der Waals surface area contributed by atoms with Gasteiger partial charge in [0.1, 0.15) is 0 Å². The first-order valence-electron chi connectivity index (χ1n) is 8.51. The Morgan fingerprint density at radius 1 is 0.917 bits per heavy atom. The molecule has 6 heteroatoms. The van der Waals surface area contributed by atoms with Crippen LogP contribution >= 0.6 is 11.3 Å². The van der Waals surface area contributed by atoms with Crippen molar-refractivity contribution in [2.75, 3.05) is 19.8 Å². The molecule has 1 heterocycles. The fraction of sp³-hybridized carbons (Fsp3) is 0.500. The SMILES string of the molecule is CCO[Si](OCC)(OCC)c1ccc(C[n+]2csc(C)c2C)cc1. The third-order valence-electron chi connectivity index (χ3n) is 3.96. The number of aryl methyl sites for hydroxylation is 1. The Labute approximate surface area is 150 Å². The highest BCUT2D eigenvalue weighted by molar-refractivity contribution is 7.09. The van der Waals surface area contributed by atoms with Crippen LogP contribution < -0.4 is 9.75 Å². The molecule has 2 aromatic rings. The van der Waals surface area contributed by atoms with Crippen molar-refractivity contribution in [2.45, 2.75) is 41.2 Å². The number of rotatable bonds is 9. The first kappa shape index (κ1) is 19.3. The maximum atomic E-state index is 5.97. The summed E-state index contributed by atoms with van der Waals surface area (Å²) in [5, 5.41) is 1.03. The van der Waals surface area contributed by atoms with Crippen LogP contribution in [0.1, 0.15) is 36.9 Å². The van der Waals surface area contributed by atoms with E-state index in [2.05, 4.69) is 48.2 Å². The molecular formula is C18H28NO3SSi+. The molecule has 0 aliphatic carbocycles. The van der Waals surface area contributed by atoms with Crippen LogP contribution in [0.15, 0.2) is 29.8 Å². The fourth-order valence-electron chi connectivity index (χ4n) is 2.62. The predicted molar refractivity (Wildman–Crippen MR) is 99.8 cm³/mol. The molecule has 0 unspecified atom stereocenters. The summed E-state index contributed by atoms with van der Waals surface area (Å²) in [6.45, 7) is 12.9. The normalized spacial score (nSPS) is 11.9. The first-order chi connectivity index (χ1) is 11.6. The third kappa shape index (κ3) is 4.32. The van der Waals surface area contributed by atoms with E-state index in [0.29, 0.717) is 19.8 Å². The lowest BCUT2D eigenvalue weighted by molar-refractivity contribution is -0.689. The lowest BCUT2D eigenvalue weighted by Crippen LogP contribution is -2.56. The van der Waals surface area contributed by atoms with Crippen molar-refractivity contribution < 1.29 is 17.8 Å². The molecule has 0 radical (unpaired) electrons. The molecule has 1 aromatic carbocycles. The van der Waals surface area contributed by atoms with Crippen LogP contribution in [0.5, 0.6) is 0 Å². The van der Waals surface area contributed by atoms with Crippen molar-refractivity contribution in [1.29, 1.82) is 0 Å². The van der Waals surface area contributed by atoms with Crippen LogP contribution in [0.3, 0.4) is 0 Å². The van der Waals surface area contributed by atoms with E-state index in [-0.39, 0.29) is 0 Å². The molecule has 2 rings (SSSR count). The van der Waals surface area contributed by atoms with Gasteiger partial charge in [-0.05, 0) is 27.7 Å². The van der Waals surface area contributed by atoms with E-state index in [9.17, 15) is 0 Å². The molecule has 0 aliphatic heterocycles. The van der Waals surface area contributed by atoms with Crippen LogP contribution in [0.4, 0.5) is 0 Å². The van der Waals surface area contributed by atoms with Gasteiger partial charge in [-0.3, -0.25) is 0 Å². The molecule has 132 valence electrons. The van der Waals surface area contributed by atoms with Crippen molar-refractivity contribution >= 4 is 25.3 Å². The molecule has 24 heavy (non-hydrogen) atoms. The average molecular weight is 367 g/mol. The van der Waals surface area contributed by atoms with Gasteiger partial charge in [-0.1, -0.05) is 35.6 Å². The molecule has 0 amide bonds. The maximum Gasteiger partial charge on any atom is 0.537 e. The second-order valence-electron chi connectivity index (χ2n) is 5.54. The first-order valence-corrected chi connectivity index (χ1v) is 11.1. The number of thiazole rings is 1. The lowest BCUT2D eigenvalue weighted by Gasteiger charge is -2.28. The monoisotopic (exact) mass is 366 g/mol. The quantitative estimate of drug-likeness (QED) is 0.505. The largest absolute Gasteiger partial charge is 0.537 e. The van der Waals surface area contributed by atoms with Gasteiger partial charge >= 0.3 is 8.80 Å². The molecule has 0 spiro atoms. The summed E-state index contributed by atoms with van der Waals surface area (Å²) in [5.74, 6) is 0. The van der Waals surface area contributed by atoms with Gasteiger partial charge in [0.2, 0.25) is 5.51 Å². The summed E-state index contributed by atoms with van der Waals surface area (Å²) in [5.41, 5.74) is 4.76. The second-order valence-corrected chi connectivity index (χ2v) is 9.16. The van der Waals surface area contributed by atoms with Crippen molar-refractivity contribution in [2.24, 2.45) is 0 Å². The minimum Gasteiger partial charge on any atom is -0.370 e. The van der Waals surface area contributed by atoms with E-state index < -0.39 is 8.80 Å². The average Bonchev–Trinajstić information content (AvgIpc) is 2.88. The number of nitrogens with zero attached hydrogens (tertiary/aromatic N) is 1. The summed E-state index contributed by atoms with van der Waals surface area (Å²) >= 11 is 1.79. The summed E-state index contributed by atoms with van der Waals surface area (Å²) in [6.07, 6.45) is 0. The summed E-state index contributed by atoms with van der Waals surface area (Å²) in [4.78, 5) is 1.36. The molecule has 0 N–H and O–H groups in total. The Morgan fingerprint density at radius 3 is 1.88 bits per heavy atom. The zero-order valence-corrected chi connectivity index (χ0v) is 17.1. The Balaban J connectivity index is 2.23. The fourth-order valence-corrected chi connectivity index (χ4v) is 5.89. The number of hydrogen-bond donors (Lipinski definition) is 0. The summed E-state index contributed by atoms with van der Waals surface area (Å²) in [6, 6.07) is 8.48. The van der Waals surface area contributed by atoms with Gasteiger partial charge in [0.15, 0.2) is 12.2 Å². The van der Waals surface area contributed by atoms with E-state index in [4.69, 9.17) is 13.3 Å². The second kappa shape index (κ2) is 8.87. The lowest BCUT2D eigenvalue weighted by atomic mass is 10.2. The van der Waals surface area contributed by atoms with Crippen LogP contribution in [0.2, 0.25) is 0 Å². The van der Waals surface area contributed by atoms with Crippen molar-refractivity contribution in [3.8, 4) is 0 Å². The molecule has 0 saturated carbocycles. The highest BCUT2D eigenvalue weighted by atomic mass is 32.1. The van der Waals surface area contributed by atoms with E-state index in [0.717, 1.165) is 11.7 Å². The third-order valence-corrected chi connectivity index (χ3v) is 8.02. The van der Waals surface area contributed by atoms with Gasteiger partial charge < -0.3 is 13.3 Å². The van der Waals surface area contributed by atoms with Crippen molar-refractivity contribution in [3.05, 3.63) is 45.9 Å². The van der Waals surface area contributed by atoms with E-state index in [1.165, 1.54) is 16.1 Å². The minimum absolute atomic E-state index is 0.581. The smallest absolute Gasteiger partial charge is 0.370 e. The number of benzene rings is 1. The van der Waals surface area contributed by atoms with Crippen molar-refractivity contribution in [3.63, 3.8) is 0 Å². The van der Waals surface area contributed by atoms with Gasteiger partial charge in [-0.15, -0.1) is 0 Å². The Kier molecular flexibility index (Phi) is 7.12. The van der Waals surface area contributed by atoms with E-state index >= 15 is 0 Å². The molecule has 4 nitrogen and oxygen atoms in total. The van der Waals surface area contributed by atoms with Gasteiger partial charge in [0.05, 0.1) is 4.88 Å². The molecule has 0 bridgehead atoms. The van der Waals surface area contributed by atoms with Crippen molar-refractivity contribution in [1.82, 2.24) is 0 Å². The Bertz CT molecular complexity index is 625. The van der Waals surface area contributed by atoms with Gasteiger partial charge in [-0.25, -0.2) is 0 Å². The zero-order chi connectivity index (χ0) is 17.6. The molecule has 1 aromatic heterocycles. The van der Waals surface area contributed by atoms with Gasteiger partial charge in [0.25, 0.3) is 0 Å². The van der Waals surface area contributed by atoms with Gasteiger partial charge in [-0.2, -0.15) is 4.57 Å². The predicted octanol–water partition coefficient (Wildman–Crippen LogP) is 2.96. The van der Waals surface area contributed by atoms with Crippen LogP contribution in [0, 0.1) is 13.8 Å². The van der Waals surface area contributed by atoms with Crippen LogP contribution in [0.25, 0.3) is 0 Å². The van der Waals surface area contributed by atoms with Crippen LogP contribution in [-0.4, -0.2) is 28.6 Å². The topological polar surface area (TPSA) is 31.6 Å². The molecule has 0 fully saturated rings. The van der Waals surface area contributed by atoms with Crippen LogP contribution in [-0.2, 0) is 19.8 Å². The van der Waals surface area contributed by atoms with Gasteiger partial charge in [0, 0.05) is 37.5 Å². The number of aromatic nitrogens is 1. The highest BCUT2D eigenvalue weighted by Crippen LogP contribution is 2.13. The molecule has 0 aliphatic rings. The molecule has 0 saturated heterocycles. The minimum atomic E-state index is -2.80. The molecular weight excluding hydrogens is 338 g/mol. The van der Waals surface area contributed by atoms with E-state index in [1.807, 2.05) is 20.8 Å². The Hall–Kier alpha value is -1.05. The highest BCUT2D eigenvalue weighted by Gasteiger charge is 2.43. The summed E-state index contributed by atoms with van der Waals surface area (Å²) in [7, 11) is -2.80. The zero-order valence-electron chi connectivity index (χ0n) is 15.3. The summed E-state index contributed by atoms with van der Waals surface area (Å²) < 4.78 is 20.2. The van der Waals surface area contributed by atoms with E-state index in [1.54, 1.807) is 11.3 Å².